The van der Waals surface area contributed by atoms with Gasteiger partial charge in [0.05, 0.1) is 16.0 Å². The summed E-state index contributed by atoms with van der Waals surface area (Å²) in [5.74, 6) is 0. The van der Waals surface area contributed by atoms with Crippen LogP contribution in [0.2, 0.25) is 0 Å². The standard InChI is InChI=1S/C14H21NOS/c1-10-7-8-11(2)14(9-10)17(16)13-6-4-5-12(13)15-3/h7-9,12-13,15H,4-6H2,1-3H3. The maximum Gasteiger partial charge on any atom is 0.0579 e. The Balaban J connectivity index is 2.27. The number of hydrogen-bond acceptors (Lipinski definition) is 2. The summed E-state index contributed by atoms with van der Waals surface area (Å²) in [6, 6.07) is 6.65. The minimum atomic E-state index is -0.873. The van der Waals surface area contributed by atoms with Crippen molar-refractivity contribution in [1.29, 1.82) is 0 Å². The second-order valence-electron chi connectivity index (χ2n) is 4.93. The molecule has 3 heteroatoms. The van der Waals surface area contributed by atoms with Gasteiger partial charge in [-0.1, -0.05) is 18.6 Å². The maximum atomic E-state index is 12.7. The van der Waals surface area contributed by atoms with Crippen molar-refractivity contribution < 1.29 is 4.21 Å². The predicted octanol–water partition coefficient (Wildman–Crippen LogP) is 2.55. The lowest BCUT2D eigenvalue weighted by atomic mass is 10.2. The molecule has 0 saturated heterocycles. The number of nitrogens with one attached hydrogen (secondary N) is 1. The number of hydrogen-bond donors (Lipinski definition) is 1. The van der Waals surface area contributed by atoms with Crippen LogP contribution >= 0.6 is 0 Å². The van der Waals surface area contributed by atoms with Gasteiger partial charge in [0.25, 0.3) is 0 Å². The average molecular weight is 251 g/mol. The van der Waals surface area contributed by atoms with E-state index in [-0.39, 0.29) is 5.25 Å². The van der Waals surface area contributed by atoms with Gasteiger partial charge in [-0.25, -0.2) is 0 Å². The number of rotatable bonds is 3. The van der Waals surface area contributed by atoms with Gasteiger partial charge >= 0.3 is 0 Å². The maximum absolute atomic E-state index is 12.7. The summed E-state index contributed by atoms with van der Waals surface area (Å²) in [5.41, 5.74) is 2.34. The Morgan fingerprint density at radius 1 is 1.29 bits per heavy atom. The van der Waals surface area contributed by atoms with Crippen LogP contribution in [0.5, 0.6) is 0 Å². The average Bonchev–Trinajstić information content (AvgIpc) is 2.79. The quantitative estimate of drug-likeness (QED) is 0.894. The molecular weight excluding hydrogens is 230 g/mol. The van der Waals surface area contributed by atoms with Crippen LogP contribution in [0.25, 0.3) is 0 Å². The van der Waals surface area contributed by atoms with E-state index in [1.54, 1.807) is 0 Å². The highest BCUT2D eigenvalue weighted by Crippen LogP contribution is 2.28. The van der Waals surface area contributed by atoms with Gasteiger partial charge in [0.1, 0.15) is 0 Å². The molecule has 1 aliphatic rings. The van der Waals surface area contributed by atoms with E-state index in [1.807, 2.05) is 7.05 Å². The Morgan fingerprint density at radius 2 is 2.06 bits per heavy atom. The second-order valence-corrected chi connectivity index (χ2v) is 6.57. The molecule has 0 bridgehead atoms. The van der Waals surface area contributed by atoms with Gasteiger partial charge in [-0.05, 0) is 50.9 Å². The zero-order valence-corrected chi connectivity index (χ0v) is 11.6. The third kappa shape index (κ3) is 2.61. The van der Waals surface area contributed by atoms with Crippen LogP contribution in [0.1, 0.15) is 30.4 Å². The van der Waals surface area contributed by atoms with Crippen LogP contribution in [0.3, 0.4) is 0 Å². The van der Waals surface area contributed by atoms with Gasteiger partial charge < -0.3 is 5.32 Å². The van der Waals surface area contributed by atoms with E-state index >= 15 is 0 Å². The summed E-state index contributed by atoms with van der Waals surface area (Å²) >= 11 is 0. The molecule has 94 valence electrons. The van der Waals surface area contributed by atoms with Gasteiger partial charge in [0.15, 0.2) is 0 Å². The van der Waals surface area contributed by atoms with Crippen molar-refractivity contribution in [3.05, 3.63) is 29.3 Å². The Bertz CT molecular complexity index is 430. The molecule has 0 radical (unpaired) electrons. The minimum Gasteiger partial charge on any atom is -0.316 e. The molecule has 1 aromatic rings. The van der Waals surface area contributed by atoms with Gasteiger partial charge in [-0.15, -0.1) is 0 Å². The number of aryl methyl sites for hydroxylation is 2. The van der Waals surface area contributed by atoms with E-state index in [0.717, 1.165) is 23.3 Å². The molecule has 0 heterocycles. The van der Waals surface area contributed by atoms with Crippen molar-refractivity contribution >= 4 is 10.8 Å². The lowest BCUT2D eigenvalue weighted by Gasteiger charge is -2.19. The van der Waals surface area contributed by atoms with Gasteiger partial charge in [-0.3, -0.25) is 4.21 Å². The monoisotopic (exact) mass is 251 g/mol. The second kappa shape index (κ2) is 5.32. The Labute approximate surface area is 106 Å². The molecular formula is C14H21NOS. The molecule has 1 saturated carbocycles. The molecule has 2 nitrogen and oxygen atoms in total. The van der Waals surface area contributed by atoms with Crippen molar-refractivity contribution in [3.8, 4) is 0 Å². The molecule has 1 fully saturated rings. The highest BCUT2D eigenvalue weighted by molar-refractivity contribution is 7.85. The largest absolute Gasteiger partial charge is 0.316 e. The van der Waals surface area contributed by atoms with Crippen molar-refractivity contribution in [2.75, 3.05) is 7.05 Å². The molecule has 0 spiro atoms. The third-order valence-electron chi connectivity index (χ3n) is 3.66. The number of benzene rings is 1. The first-order valence-corrected chi connectivity index (χ1v) is 7.50. The zero-order valence-electron chi connectivity index (χ0n) is 10.8. The molecule has 1 N–H and O–H groups in total. The highest BCUT2D eigenvalue weighted by atomic mass is 32.2. The summed E-state index contributed by atoms with van der Waals surface area (Å²) in [5, 5.41) is 3.58. The van der Waals surface area contributed by atoms with E-state index in [1.165, 1.54) is 12.0 Å². The zero-order chi connectivity index (χ0) is 12.4. The fraction of sp³-hybridized carbons (Fsp3) is 0.571. The summed E-state index contributed by atoms with van der Waals surface area (Å²) < 4.78 is 12.7. The van der Waals surface area contributed by atoms with Crippen molar-refractivity contribution in [3.63, 3.8) is 0 Å². The van der Waals surface area contributed by atoms with Crippen molar-refractivity contribution in [2.45, 2.75) is 49.3 Å². The Morgan fingerprint density at radius 3 is 2.76 bits per heavy atom. The Kier molecular flexibility index (Phi) is 4.00. The third-order valence-corrected chi connectivity index (χ3v) is 5.65. The van der Waals surface area contributed by atoms with Gasteiger partial charge in [-0.2, -0.15) is 0 Å². The van der Waals surface area contributed by atoms with Crippen LogP contribution in [0.15, 0.2) is 23.1 Å². The molecule has 1 aliphatic carbocycles. The molecule has 2 rings (SSSR count). The summed E-state index contributed by atoms with van der Waals surface area (Å²) in [4.78, 5) is 1.03. The molecule has 3 atom stereocenters. The van der Waals surface area contributed by atoms with Crippen LogP contribution in [0, 0.1) is 13.8 Å². The first kappa shape index (κ1) is 12.8. The molecule has 3 unspecified atom stereocenters. The van der Waals surface area contributed by atoms with E-state index in [2.05, 4.69) is 37.4 Å². The molecule has 0 aliphatic heterocycles. The van der Waals surface area contributed by atoms with Crippen LogP contribution in [-0.2, 0) is 10.8 Å². The molecule has 0 aromatic heterocycles. The van der Waals surface area contributed by atoms with Gasteiger partial charge in [0.2, 0.25) is 0 Å². The smallest absolute Gasteiger partial charge is 0.0579 e. The van der Waals surface area contributed by atoms with Crippen LogP contribution in [0.4, 0.5) is 0 Å². The van der Waals surface area contributed by atoms with E-state index in [9.17, 15) is 4.21 Å². The fourth-order valence-electron chi connectivity index (χ4n) is 2.60. The topological polar surface area (TPSA) is 29.1 Å². The normalized spacial score (nSPS) is 26.1. The van der Waals surface area contributed by atoms with Crippen LogP contribution in [-0.4, -0.2) is 22.5 Å². The van der Waals surface area contributed by atoms with Crippen molar-refractivity contribution in [1.82, 2.24) is 5.32 Å². The Hall–Kier alpha value is -0.670. The van der Waals surface area contributed by atoms with E-state index in [4.69, 9.17) is 0 Å². The lowest BCUT2D eigenvalue weighted by Crippen LogP contribution is -2.35. The fourth-order valence-corrected chi connectivity index (χ4v) is 4.56. The first-order valence-electron chi connectivity index (χ1n) is 6.28. The summed E-state index contributed by atoms with van der Waals surface area (Å²) in [6.45, 7) is 4.11. The van der Waals surface area contributed by atoms with Gasteiger partial charge in [0, 0.05) is 10.9 Å². The van der Waals surface area contributed by atoms with E-state index < -0.39 is 10.8 Å². The van der Waals surface area contributed by atoms with Crippen molar-refractivity contribution in [2.24, 2.45) is 0 Å². The summed E-state index contributed by atoms with van der Waals surface area (Å²) in [6.07, 6.45) is 3.41. The van der Waals surface area contributed by atoms with Crippen LogP contribution < -0.4 is 5.32 Å². The highest BCUT2D eigenvalue weighted by Gasteiger charge is 2.32. The SMILES string of the molecule is CNC1CCCC1S(=O)c1cc(C)ccc1C. The molecule has 17 heavy (non-hydrogen) atoms. The summed E-state index contributed by atoms with van der Waals surface area (Å²) in [7, 11) is 1.10. The molecule has 0 amide bonds. The van der Waals surface area contributed by atoms with E-state index in [0.29, 0.717) is 6.04 Å². The lowest BCUT2D eigenvalue weighted by molar-refractivity contribution is 0.576. The predicted molar refractivity (Wildman–Crippen MR) is 72.8 cm³/mol. The first-order chi connectivity index (χ1) is 8.13. The molecule has 1 aromatic carbocycles. The minimum absolute atomic E-state index is 0.278.